The summed E-state index contributed by atoms with van der Waals surface area (Å²) in [4.78, 5) is 14.2. The Balaban J connectivity index is 1.67. The Kier molecular flexibility index (Phi) is 3.36. The molecule has 0 heterocycles. The number of rotatable bonds is 4. The fourth-order valence-corrected chi connectivity index (χ4v) is 5.54. The topological polar surface area (TPSA) is 46.3 Å². The van der Waals surface area contributed by atoms with Gasteiger partial charge in [0.15, 0.2) is 0 Å². The van der Waals surface area contributed by atoms with Crippen molar-refractivity contribution in [1.82, 2.24) is 4.90 Å². The van der Waals surface area contributed by atoms with E-state index in [1.807, 2.05) is 18.9 Å². The summed E-state index contributed by atoms with van der Waals surface area (Å²) < 4.78 is 0. The van der Waals surface area contributed by atoms with Gasteiger partial charge in [0.25, 0.3) is 0 Å². The molecule has 2 N–H and O–H groups in total. The zero-order chi connectivity index (χ0) is 13.6. The maximum Gasteiger partial charge on any atom is 0.226 e. The highest BCUT2D eigenvalue weighted by Gasteiger charge is 2.51. The van der Waals surface area contributed by atoms with Crippen molar-refractivity contribution in [3.63, 3.8) is 0 Å². The lowest BCUT2D eigenvalue weighted by Gasteiger charge is -2.57. The van der Waals surface area contributed by atoms with E-state index >= 15 is 0 Å². The highest BCUT2D eigenvalue weighted by molar-refractivity contribution is 5.78. The number of carbonyl (C=O) groups is 1. The highest BCUT2D eigenvalue weighted by Crippen LogP contribution is 2.60. The summed E-state index contributed by atoms with van der Waals surface area (Å²) in [5.74, 6) is 3.09. The van der Waals surface area contributed by atoms with Crippen molar-refractivity contribution in [1.29, 1.82) is 0 Å². The Morgan fingerprint density at radius 2 is 1.68 bits per heavy atom. The van der Waals surface area contributed by atoms with Crippen molar-refractivity contribution in [2.75, 3.05) is 20.1 Å². The van der Waals surface area contributed by atoms with Crippen LogP contribution < -0.4 is 5.73 Å². The number of nitrogens with zero attached hydrogens (tertiary/aromatic N) is 1. The SMILES string of the molecule is CC(CN)C(=O)N(C)CC12CC3CC(CC(C3)C1)C2. The second-order valence-electron chi connectivity index (χ2n) is 7.75. The van der Waals surface area contributed by atoms with Gasteiger partial charge in [0, 0.05) is 26.1 Å². The van der Waals surface area contributed by atoms with Gasteiger partial charge in [0.05, 0.1) is 0 Å². The lowest BCUT2D eigenvalue weighted by molar-refractivity contribution is -0.138. The zero-order valence-corrected chi connectivity index (χ0v) is 12.4. The number of carbonyl (C=O) groups excluding carboxylic acids is 1. The van der Waals surface area contributed by atoms with Crippen LogP contribution in [0.2, 0.25) is 0 Å². The molecule has 4 aliphatic carbocycles. The van der Waals surface area contributed by atoms with Crippen LogP contribution in [-0.2, 0) is 4.79 Å². The van der Waals surface area contributed by atoms with Crippen molar-refractivity contribution in [2.24, 2.45) is 34.8 Å². The largest absolute Gasteiger partial charge is 0.345 e. The third-order valence-electron chi connectivity index (χ3n) is 5.89. The zero-order valence-electron chi connectivity index (χ0n) is 12.4. The van der Waals surface area contributed by atoms with Crippen LogP contribution in [-0.4, -0.2) is 30.9 Å². The Bertz CT molecular complexity index is 330. The van der Waals surface area contributed by atoms with E-state index in [2.05, 4.69) is 0 Å². The molecule has 4 aliphatic rings. The molecule has 1 atom stereocenters. The van der Waals surface area contributed by atoms with Gasteiger partial charge in [-0.3, -0.25) is 4.79 Å². The van der Waals surface area contributed by atoms with Gasteiger partial charge in [0.1, 0.15) is 0 Å². The predicted molar refractivity (Wildman–Crippen MR) is 76.5 cm³/mol. The molecule has 0 radical (unpaired) electrons. The molecule has 0 saturated heterocycles. The van der Waals surface area contributed by atoms with Crippen molar-refractivity contribution < 1.29 is 4.79 Å². The molecule has 4 rings (SSSR count). The standard InChI is InChI=1S/C16H28N2O/c1-11(9-17)15(19)18(2)10-16-6-12-3-13(7-16)5-14(4-12)8-16/h11-14H,3-10,17H2,1-2H3. The van der Waals surface area contributed by atoms with Gasteiger partial charge in [-0.05, 0) is 61.7 Å². The average Bonchev–Trinajstić information content (AvgIpc) is 2.34. The smallest absolute Gasteiger partial charge is 0.226 e. The van der Waals surface area contributed by atoms with Crippen LogP contribution in [0.25, 0.3) is 0 Å². The van der Waals surface area contributed by atoms with Gasteiger partial charge in [-0.15, -0.1) is 0 Å². The minimum absolute atomic E-state index is 0.0288. The molecule has 4 fully saturated rings. The minimum atomic E-state index is -0.0288. The summed E-state index contributed by atoms with van der Waals surface area (Å²) in [6.45, 7) is 3.38. The summed E-state index contributed by atoms with van der Waals surface area (Å²) in [5.41, 5.74) is 6.08. The molecule has 0 aliphatic heterocycles. The molecule has 1 amide bonds. The summed E-state index contributed by atoms with van der Waals surface area (Å²) in [6.07, 6.45) is 8.51. The molecule has 4 bridgehead atoms. The van der Waals surface area contributed by atoms with Crippen LogP contribution in [0.15, 0.2) is 0 Å². The lowest BCUT2D eigenvalue weighted by atomic mass is 9.49. The van der Waals surface area contributed by atoms with Crippen molar-refractivity contribution >= 4 is 5.91 Å². The third kappa shape index (κ3) is 2.42. The van der Waals surface area contributed by atoms with Crippen LogP contribution in [0, 0.1) is 29.1 Å². The van der Waals surface area contributed by atoms with E-state index in [-0.39, 0.29) is 11.8 Å². The van der Waals surface area contributed by atoms with Gasteiger partial charge in [-0.25, -0.2) is 0 Å². The molecule has 3 nitrogen and oxygen atoms in total. The predicted octanol–water partition coefficient (Wildman–Crippen LogP) is 2.26. The number of amides is 1. The summed E-state index contributed by atoms with van der Waals surface area (Å²) >= 11 is 0. The molecule has 0 aromatic rings. The second-order valence-corrected chi connectivity index (χ2v) is 7.75. The molecule has 108 valence electrons. The average molecular weight is 264 g/mol. The van der Waals surface area contributed by atoms with Crippen molar-refractivity contribution in [2.45, 2.75) is 45.4 Å². The van der Waals surface area contributed by atoms with Crippen LogP contribution in [0.3, 0.4) is 0 Å². The molecular formula is C16H28N2O. The van der Waals surface area contributed by atoms with Crippen LogP contribution in [0.4, 0.5) is 0 Å². The number of hydrogen-bond acceptors (Lipinski definition) is 2. The van der Waals surface area contributed by atoms with Gasteiger partial charge >= 0.3 is 0 Å². The monoisotopic (exact) mass is 264 g/mol. The van der Waals surface area contributed by atoms with Crippen LogP contribution in [0.5, 0.6) is 0 Å². The number of nitrogens with two attached hydrogens (primary N) is 1. The molecule has 0 spiro atoms. The van der Waals surface area contributed by atoms with Gasteiger partial charge < -0.3 is 10.6 Å². The van der Waals surface area contributed by atoms with E-state index in [0.29, 0.717) is 12.0 Å². The first-order valence-corrected chi connectivity index (χ1v) is 7.96. The molecule has 0 aromatic heterocycles. The fraction of sp³-hybridized carbons (Fsp3) is 0.938. The Hall–Kier alpha value is -0.570. The van der Waals surface area contributed by atoms with E-state index in [4.69, 9.17) is 5.73 Å². The van der Waals surface area contributed by atoms with Gasteiger partial charge in [0.2, 0.25) is 5.91 Å². The first-order valence-electron chi connectivity index (χ1n) is 7.96. The summed E-state index contributed by atoms with van der Waals surface area (Å²) in [7, 11) is 1.98. The van der Waals surface area contributed by atoms with Crippen molar-refractivity contribution in [3.8, 4) is 0 Å². The van der Waals surface area contributed by atoms with E-state index < -0.39 is 0 Å². The molecular weight excluding hydrogens is 236 g/mol. The third-order valence-corrected chi connectivity index (χ3v) is 5.89. The maximum atomic E-state index is 12.2. The molecule has 3 heteroatoms. The molecule has 4 saturated carbocycles. The first kappa shape index (κ1) is 13.4. The van der Waals surface area contributed by atoms with E-state index in [0.717, 1.165) is 24.3 Å². The lowest BCUT2D eigenvalue weighted by Crippen LogP contribution is -2.52. The maximum absolute atomic E-state index is 12.2. The van der Waals surface area contributed by atoms with Crippen LogP contribution >= 0.6 is 0 Å². The first-order chi connectivity index (χ1) is 9.01. The van der Waals surface area contributed by atoms with E-state index in [1.165, 1.54) is 38.5 Å². The van der Waals surface area contributed by atoms with Crippen LogP contribution in [0.1, 0.15) is 45.4 Å². The molecule has 1 unspecified atom stereocenters. The quantitative estimate of drug-likeness (QED) is 0.846. The second kappa shape index (κ2) is 4.76. The van der Waals surface area contributed by atoms with E-state index in [1.54, 1.807) is 0 Å². The summed E-state index contributed by atoms with van der Waals surface area (Å²) in [5, 5.41) is 0. The Morgan fingerprint density at radius 3 is 2.11 bits per heavy atom. The minimum Gasteiger partial charge on any atom is -0.345 e. The van der Waals surface area contributed by atoms with Crippen molar-refractivity contribution in [3.05, 3.63) is 0 Å². The highest BCUT2D eigenvalue weighted by atomic mass is 16.2. The summed E-state index contributed by atoms with van der Waals surface area (Å²) in [6, 6.07) is 0. The Morgan fingerprint density at radius 1 is 1.21 bits per heavy atom. The van der Waals surface area contributed by atoms with Gasteiger partial charge in [-0.1, -0.05) is 6.92 Å². The normalized spacial score (nSPS) is 41.3. The fourth-order valence-electron chi connectivity index (χ4n) is 5.54. The molecule has 0 aromatic carbocycles. The molecule has 19 heavy (non-hydrogen) atoms. The number of hydrogen-bond donors (Lipinski definition) is 1. The van der Waals surface area contributed by atoms with E-state index in [9.17, 15) is 4.79 Å². The Labute approximate surface area is 116 Å². The van der Waals surface area contributed by atoms with Gasteiger partial charge in [-0.2, -0.15) is 0 Å².